The van der Waals surface area contributed by atoms with E-state index in [1.807, 2.05) is 0 Å². The third kappa shape index (κ3) is 5.64. The summed E-state index contributed by atoms with van der Waals surface area (Å²) in [7, 11) is 0. The minimum Gasteiger partial charge on any atom is -0.480 e. The van der Waals surface area contributed by atoms with Gasteiger partial charge in [-0.05, 0) is 6.92 Å². The Balaban J connectivity index is 2.54. The molecule has 9 nitrogen and oxygen atoms in total. The van der Waals surface area contributed by atoms with Gasteiger partial charge in [0.15, 0.2) is 5.82 Å². The summed E-state index contributed by atoms with van der Waals surface area (Å²) >= 11 is 0. The number of carboxylic acid groups (broad SMARTS) is 2. The van der Waals surface area contributed by atoms with E-state index >= 15 is 0 Å². The lowest BCUT2D eigenvalue weighted by molar-refractivity contribution is -0.142. The number of rotatable bonds is 7. The van der Waals surface area contributed by atoms with E-state index in [0.717, 1.165) is 4.90 Å². The molecule has 0 aromatic carbocycles. The van der Waals surface area contributed by atoms with Crippen molar-refractivity contribution in [2.45, 2.75) is 6.92 Å². The first kappa shape index (κ1) is 14.6. The fourth-order valence-corrected chi connectivity index (χ4v) is 1.36. The normalized spacial score (nSPS) is 10.4. The number of hydrogen-bond acceptors (Lipinski definition) is 6. The third-order valence-electron chi connectivity index (χ3n) is 1.98. The molecule has 19 heavy (non-hydrogen) atoms. The largest absolute Gasteiger partial charge is 0.480 e. The summed E-state index contributed by atoms with van der Waals surface area (Å²) in [5.41, 5.74) is 0. The second-order valence-corrected chi connectivity index (χ2v) is 3.80. The molecular weight excluding hydrogens is 258 g/mol. The summed E-state index contributed by atoms with van der Waals surface area (Å²) in [5, 5.41) is 23.1. The number of anilines is 1. The average molecular weight is 271 g/mol. The van der Waals surface area contributed by atoms with Crippen molar-refractivity contribution in [2.24, 2.45) is 0 Å². The molecule has 0 saturated carbocycles. The lowest BCUT2D eigenvalue weighted by Crippen LogP contribution is -2.40. The van der Waals surface area contributed by atoms with Crippen molar-refractivity contribution in [3.05, 3.63) is 11.8 Å². The van der Waals surface area contributed by atoms with E-state index in [2.05, 4.69) is 10.5 Å². The fourth-order valence-electron chi connectivity index (χ4n) is 1.36. The number of aromatic nitrogens is 1. The van der Waals surface area contributed by atoms with E-state index in [0.29, 0.717) is 5.76 Å². The van der Waals surface area contributed by atoms with Crippen LogP contribution in [-0.4, -0.2) is 57.7 Å². The van der Waals surface area contributed by atoms with Gasteiger partial charge in [0.1, 0.15) is 5.76 Å². The van der Waals surface area contributed by atoms with Crippen LogP contribution in [0.5, 0.6) is 0 Å². The molecule has 0 bridgehead atoms. The predicted molar refractivity (Wildman–Crippen MR) is 61.6 cm³/mol. The highest BCUT2D eigenvalue weighted by Gasteiger charge is 2.17. The summed E-state index contributed by atoms with van der Waals surface area (Å²) in [6.07, 6.45) is 0. The quantitative estimate of drug-likeness (QED) is 0.598. The number of aryl methyl sites for hydroxylation is 1. The lowest BCUT2D eigenvalue weighted by Gasteiger charge is -2.16. The maximum absolute atomic E-state index is 11.6. The molecule has 1 aromatic heterocycles. The molecule has 0 saturated heterocycles. The number of carboxylic acids is 2. The molecule has 0 atom stereocenters. The van der Waals surface area contributed by atoms with Crippen LogP contribution in [0.25, 0.3) is 0 Å². The number of hydrogen-bond donors (Lipinski definition) is 3. The van der Waals surface area contributed by atoms with Gasteiger partial charge in [0.25, 0.3) is 0 Å². The van der Waals surface area contributed by atoms with Crippen LogP contribution in [0, 0.1) is 6.92 Å². The fraction of sp³-hybridized carbons (Fsp3) is 0.400. The molecule has 0 spiro atoms. The molecule has 0 aliphatic carbocycles. The Morgan fingerprint density at radius 1 is 1.26 bits per heavy atom. The molecule has 1 rings (SSSR count). The van der Waals surface area contributed by atoms with Crippen LogP contribution >= 0.6 is 0 Å². The predicted octanol–water partition coefficient (Wildman–Crippen LogP) is -0.607. The second-order valence-electron chi connectivity index (χ2n) is 3.80. The smallest absolute Gasteiger partial charge is 0.317 e. The third-order valence-corrected chi connectivity index (χ3v) is 1.98. The molecule has 1 aromatic rings. The first-order chi connectivity index (χ1) is 8.86. The topological polar surface area (TPSA) is 133 Å². The van der Waals surface area contributed by atoms with Gasteiger partial charge in [-0.2, -0.15) is 0 Å². The van der Waals surface area contributed by atoms with Gasteiger partial charge in [0.2, 0.25) is 5.91 Å². The molecule has 9 heteroatoms. The molecule has 0 aliphatic rings. The number of aliphatic carboxylic acids is 2. The molecule has 0 aliphatic heterocycles. The van der Waals surface area contributed by atoms with Gasteiger partial charge in [0, 0.05) is 6.07 Å². The standard InChI is InChI=1S/C10H13N3O6/c1-6-2-7(12-19-6)11-8(14)3-13(4-9(15)16)5-10(17)18/h2H,3-5H2,1H3,(H,15,16)(H,17,18)(H,11,12,14). The average Bonchev–Trinajstić information content (AvgIpc) is 2.61. The number of nitrogens with one attached hydrogen (secondary N) is 1. The lowest BCUT2D eigenvalue weighted by atomic mass is 10.4. The van der Waals surface area contributed by atoms with Crippen molar-refractivity contribution < 1.29 is 29.1 Å². The van der Waals surface area contributed by atoms with Crippen LogP contribution in [0.1, 0.15) is 5.76 Å². The minimum atomic E-state index is -1.22. The first-order valence-electron chi connectivity index (χ1n) is 5.26. The van der Waals surface area contributed by atoms with Crippen LogP contribution in [0.3, 0.4) is 0 Å². The summed E-state index contributed by atoms with van der Waals surface area (Å²) in [6, 6.07) is 1.48. The molecular formula is C10H13N3O6. The summed E-state index contributed by atoms with van der Waals surface area (Å²) < 4.78 is 4.73. The highest BCUT2D eigenvalue weighted by atomic mass is 16.5. The zero-order chi connectivity index (χ0) is 14.4. The summed E-state index contributed by atoms with van der Waals surface area (Å²) in [6.45, 7) is 0.184. The van der Waals surface area contributed by atoms with Gasteiger partial charge >= 0.3 is 11.9 Å². The van der Waals surface area contributed by atoms with Gasteiger partial charge in [0.05, 0.1) is 19.6 Å². The maximum atomic E-state index is 11.6. The Labute approximate surface area is 107 Å². The monoisotopic (exact) mass is 271 g/mol. The van der Waals surface area contributed by atoms with Crippen molar-refractivity contribution in [2.75, 3.05) is 25.0 Å². The Hall–Kier alpha value is -2.42. The number of amides is 1. The molecule has 3 N–H and O–H groups in total. The zero-order valence-electron chi connectivity index (χ0n) is 10.1. The highest BCUT2D eigenvalue weighted by Crippen LogP contribution is 2.06. The van der Waals surface area contributed by atoms with Crippen molar-refractivity contribution in [3.8, 4) is 0 Å². The van der Waals surface area contributed by atoms with Crippen molar-refractivity contribution in [1.29, 1.82) is 0 Å². The molecule has 1 amide bonds. The molecule has 0 radical (unpaired) electrons. The van der Waals surface area contributed by atoms with Crippen LogP contribution in [0.2, 0.25) is 0 Å². The Morgan fingerprint density at radius 3 is 2.26 bits per heavy atom. The van der Waals surface area contributed by atoms with Crippen molar-refractivity contribution in [1.82, 2.24) is 10.1 Å². The molecule has 104 valence electrons. The highest BCUT2D eigenvalue weighted by molar-refractivity contribution is 5.91. The Bertz CT molecular complexity index is 467. The van der Waals surface area contributed by atoms with Crippen molar-refractivity contribution >= 4 is 23.7 Å². The first-order valence-corrected chi connectivity index (χ1v) is 5.26. The number of carbonyl (C=O) groups excluding carboxylic acids is 1. The van der Waals surface area contributed by atoms with Gasteiger partial charge < -0.3 is 20.1 Å². The summed E-state index contributed by atoms with van der Waals surface area (Å²) in [4.78, 5) is 33.6. The van der Waals surface area contributed by atoms with Crippen LogP contribution < -0.4 is 5.32 Å². The van der Waals surface area contributed by atoms with Gasteiger partial charge in [-0.15, -0.1) is 0 Å². The van der Waals surface area contributed by atoms with Crippen molar-refractivity contribution in [3.63, 3.8) is 0 Å². The number of nitrogens with zero attached hydrogens (tertiary/aromatic N) is 2. The van der Waals surface area contributed by atoms with E-state index in [4.69, 9.17) is 14.7 Å². The Morgan fingerprint density at radius 2 is 1.84 bits per heavy atom. The van der Waals surface area contributed by atoms with Crippen LogP contribution in [0.15, 0.2) is 10.6 Å². The minimum absolute atomic E-state index is 0.188. The zero-order valence-corrected chi connectivity index (χ0v) is 10.1. The van der Waals surface area contributed by atoms with Gasteiger partial charge in [-0.3, -0.25) is 19.3 Å². The van der Waals surface area contributed by atoms with E-state index in [1.54, 1.807) is 6.92 Å². The molecule has 0 fully saturated rings. The Kier molecular flexibility index (Phi) is 5.01. The van der Waals surface area contributed by atoms with E-state index in [1.165, 1.54) is 6.07 Å². The molecule has 0 unspecified atom stereocenters. The summed E-state index contributed by atoms with van der Waals surface area (Å²) in [5.74, 6) is -2.32. The van der Waals surface area contributed by atoms with Crippen LogP contribution in [0.4, 0.5) is 5.82 Å². The number of carbonyl (C=O) groups is 3. The SMILES string of the molecule is Cc1cc(NC(=O)CN(CC(=O)O)CC(=O)O)no1. The maximum Gasteiger partial charge on any atom is 0.317 e. The van der Waals surface area contributed by atoms with E-state index in [-0.39, 0.29) is 12.4 Å². The van der Waals surface area contributed by atoms with Gasteiger partial charge in [-0.1, -0.05) is 5.16 Å². The van der Waals surface area contributed by atoms with E-state index in [9.17, 15) is 14.4 Å². The van der Waals surface area contributed by atoms with E-state index < -0.39 is 30.9 Å². The molecule has 1 heterocycles. The van der Waals surface area contributed by atoms with Crippen LogP contribution in [-0.2, 0) is 14.4 Å². The van der Waals surface area contributed by atoms with Gasteiger partial charge in [-0.25, -0.2) is 0 Å². The second kappa shape index (κ2) is 6.50.